The van der Waals surface area contributed by atoms with Crippen molar-refractivity contribution in [1.29, 1.82) is 0 Å². The van der Waals surface area contributed by atoms with Crippen LogP contribution in [0.4, 0.5) is 0 Å². The maximum Gasteiger partial charge on any atom is 0.266 e. The number of benzene rings is 1. The summed E-state index contributed by atoms with van der Waals surface area (Å²) in [5, 5.41) is 0.713. The highest BCUT2D eigenvalue weighted by Crippen LogP contribution is 2.30. The molecule has 2 heterocycles. The average Bonchev–Trinajstić information content (AvgIpc) is 2.95. The smallest absolute Gasteiger partial charge is 0.266 e. The second-order valence-corrected chi connectivity index (χ2v) is 7.76. The van der Waals surface area contributed by atoms with Crippen LogP contribution in [0.2, 0.25) is 5.02 Å². The molecule has 25 heavy (non-hydrogen) atoms. The third-order valence-electron chi connectivity index (χ3n) is 3.60. The van der Waals surface area contributed by atoms with Crippen LogP contribution in [0.25, 0.3) is 17.0 Å². The van der Waals surface area contributed by atoms with Crippen LogP contribution in [-0.2, 0) is 9.84 Å². The minimum absolute atomic E-state index is 0.128. The number of nitrogens with zero attached hydrogens (tertiary/aromatic N) is 1. The molecule has 3 N–H and O–H groups in total. The molecule has 3 rings (SSSR count). The number of sulfone groups is 1. The Morgan fingerprint density at radius 3 is 2.64 bits per heavy atom. The second-order valence-electron chi connectivity index (χ2n) is 5.35. The van der Waals surface area contributed by atoms with E-state index < -0.39 is 15.7 Å². The topological polar surface area (TPSA) is 106 Å². The molecule has 0 aliphatic rings. The molecule has 8 heteroatoms. The minimum Gasteiger partial charge on any atom is -0.364 e. The molecule has 0 radical (unpaired) electrons. The number of rotatable bonds is 5. The van der Waals surface area contributed by atoms with Crippen molar-refractivity contribution in [2.24, 2.45) is 5.73 Å². The summed E-state index contributed by atoms with van der Waals surface area (Å²) in [5.41, 5.74) is 6.50. The van der Waals surface area contributed by atoms with Gasteiger partial charge in [0, 0.05) is 28.3 Å². The number of carbonyl (C=O) groups is 1. The Hall–Kier alpha value is -2.64. The van der Waals surface area contributed by atoms with Crippen molar-refractivity contribution in [3.8, 4) is 0 Å². The van der Waals surface area contributed by atoms with E-state index in [-0.39, 0.29) is 16.3 Å². The van der Waals surface area contributed by atoms with Gasteiger partial charge >= 0.3 is 0 Å². The van der Waals surface area contributed by atoms with Gasteiger partial charge < -0.3 is 10.7 Å². The first-order valence-electron chi connectivity index (χ1n) is 7.29. The Balaban J connectivity index is 2.04. The van der Waals surface area contributed by atoms with Crippen molar-refractivity contribution in [3.63, 3.8) is 0 Å². The lowest BCUT2D eigenvalue weighted by Gasteiger charge is -2.03. The Bertz CT molecular complexity index is 1070. The van der Waals surface area contributed by atoms with E-state index in [9.17, 15) is 13.2 Å². The van der Waals surface area contributed by atoms with E-state index in [4.69, 9.17) is 17.3 Å². The molecule has 2 aromatic heterocycles. The van der Waals surface area contributed by atoms with Gasteiger partial charge in [-0.2, -0.15) is 0 Å². The summed E-state index contributed by atoms with van der Waals surface area (Å²) >= 11 is 5.97. The highest BCUT2D eigenvalue weighted by Gasteiger charge is 2.26. The molecule has 128 valence electrons. The number of aromatic amines is 1. The Labute approximate surface area is 149 Å². The number of amides is 1. The monoisotopic (exact) mass is 375 g/mol. The van der Waals surface area contributed by atoms with Crippen LogP contribution in [-0.4, -0.2) is 30.0 Å². The van der Waals surface area contributed by atoms with Gasteiger partial charge in [0.25, 0.3) is 5.91 Å². The number of aromatic nitrogens is 2. The van der Waals surface area contributed by atoms with Crippen molar-refractivity contribution in [2.75, 3.05) is 5.75 Å². The molecule has 0 unspecified atom stereocenters. The Kier molecular flexibility index (Phi) is 4.61. The zero-order chi connectivity index (χ0) is 18.0. The number of carbonyl (C=O) groups excluding carboxylic acids is 1. The number of primary amides is 1. The van der Waals surface area contributed by atoms with E-state index in [1.807, 2.05) is 0 Å². The highest BCUT2D eigenvalue weighted by molar-refractivity contribution is 7.91. The molecular weight excluding hydrogens is 362 g/mol. The zero-order valence-electron chi connectivity index (χ0n) is 12.9. The van der Waals surface area contributed by atoms with Gasteiger partial charge in [0.2, 0.25) is 0 Å². The lowest BCUT2D eigenvalue weighted by molar-refractivity contribution is 0.0993. The summed E-state index contributed by atoms with van der Waals surface area (Å²) in [6, 6.07) is 8.22. The third-order valence-corrected chi connectivity index (χ3v) is 5.51. The van der Waals surface area contributed by atoms with Crippen molar-refractivity contribution < 1.29 is 13.2 Å². The summed E-state index contributed by atoms with van der Waals surface area (Å²) in [6.45, 7) is 0. The summed E-state index contributed by atoms with van der Waals surface area (Å²) in [6.07, 6.45) is 6.41. The van der Waals surface area contributed by atoms with Gasteiger partial charge in [-0.3, -0.25) is 9.78 Å². The van der Waals surface area contributed by atoms with Gasteiger partial charge in [-0.25, -0.2) is 8.42 Å². The van der Waals surface area contributed by atoms with E-state index in [1.54, 1.807) is 42.7 Å². The van der Waals surface area contributed by atoms with Crippen molar-refractivity contribution >= 4 is 44.3 Å². The summed E-state index contributed by atoms with van der Waals surface area (Å²) in [5.74, 6) is -1.13. The number of halogens is 1. The quantitative estimate of drug-likeness (QED) is 0.715. The second kappa shape index (κ2) is 6.70. The molecule has 1 aromatic carbocycles. The first-order valence-corrected chi connectivity index (χ1v) is 9.32. The van der Waals surface area contributed by atoms with Crippen molar-refractivity contribution in [3.05, 3.63) is 65.1 Å². The fourth-order valence-corrected chi connectivity index (χ4v) is 4.16. The maximum absolute atomic E-state index is 12.8. The maximum atomic E-state index is 12.8. The zero-order valence-corrected chi connectivity index (χ0v) is 14.5. The molecule has 0 saturated carbocycles. The van der Waals surface area contributed by atoms with Gasteiger partial charge in [-0.15, -0.1) is 0 Å². The largest absolute Gasteiger partial charge is 0.364 e. The first kappa shape index (κ1) is 17.2. The van der Waals surface area contributed by atoms with Crippen molar-refractivity contribution in [2.45, 2.75) is 4.90 Å². The molecule has 0 aliphatic heterocycles. The van der Waals surface area contributed by atoms with E-state index in [1.165, 1.54) is 12.1 Å². The molecule has 0 fully saturated rings. The Morgan fingerprint density at radius 2 is 1.96 bits per heavy atom. The number of pyridine rings is 1. The molecule has 3 aromatic rings. The molecule has 1 amide bonds. The Morgan fingerprint density at radius 1 is 1.24 bits per heavy atom. The number of hydrogen-bond acceptors (Lipinski definition) is 4. The lowest BCUT2D eigenvalue weighted by Crippen LogP contribution is -2.17. The summed E-state index contributed by atoms with van der Waals surface area (Å²) in [4.78, 5) is 18.2. The van der Waals surface area contributed by atoms with Crippen LogP contribution in [0.1, 0.15) is 16.1 Å². The van der Waals surface area contributed by atoms with E-state index in [2.05, 4.69) is 9.97 Å². The third kappa shape index (κ3) is 3.57. The molecule has 0 bridgehead atoms. The lowest BCUT2D eigenvalue weighted by atomic mass is 10.2. The van der Waals surface area contributed by atoms with E-state index >= 15 is 0 Å². The van der Waals surface area contributed by atoms with Crippen LogP contribution < -0.4 is 5.73 Å². The van der Waals surface area contributed by atoms with Gasteiger partial charge in [0.1, 0.15) is 10.6 Å². The van der Waals surface area contributed by atoms with E-state index in [0.717, 1.165) is 5.56 Å². The van der Waals surface area contributed by atoms with Gasteiger partial charge in [0.15, 0.2) is 9.84 Å². The van der Waals surface area contributed by atoms with Crippen LogP contribution in [0, 0.1) is 0 Å². The number of nitrogens with two attached hydrogens (primary N) is 1. The molecule has 0 atom stereocenters. The summed E-state index contributed by atoms with van der Waals surface area (Å²) in [7, 11) is -3.80. The van der Waals surface area contributed by atoms with E-state index in [0.29, 0.717) is 15.9 Å². The molecule has 6 nitrogen and oxygen atoms in total. The van der Waals surface area contributed by atoms with Gasteiger partial charge in [0.05, 0.1) is 5.75 Å². The van der Waals surface area contributed by atoms with Gasteiger partial charge in [-0.1, -0.05) is 23.8 Å². The minimum atomic E-state index is -3.80. The molecular formula is C17H14ClN3O3S. The SMILES string of the molecule is NC(=O)c1[nH]c2ccc(Cl)cc2c1S(=O)(=O)CC=Cc1ccncc1. The van der Waals surface area contributed by atoms with Crippen LogP contribution in [0.15, 0.2) is 53.7 Å². The number of nitrogens with one attached hydrogen (secondary N) is 1. The molecule has 0 aliphatic carbocycles. The number of H-pyrrole nitrogens is 1. The summed E-state index contributed by atoms with van der Waals surface area (Å²) < 4.78 is 25.6. The standard InChI is InChI=1S/C17H14ClN3O3S/c18-12-3-4-14-13(10-12)16(15(21-14)17(19)22)25(23,24)9-1-2-11-5-7-20-8-6-11/h1-8,10,21H,9H2,(H2,19,22). The van der Waals surface area contributed by atoms with Crippen LogP contribution in [0.3, 0.4) is 0 Å². The first-order chi connectivity index (χ1) is 11.9. The fourth-order valence-electron chi connectivity index (χ4n) is 2.50. The molecule has 0 saturated heterocycles. The highest BCUT2D eigenvalue weighted by atomic mass is 35.5. The van der Waals surface area contributed by atoms with Gasteiger partial charge in [-0.05, 0) is 35.9 Å². The van der Waals surface area contributed by atoms with Crippen molar-refractivity contribution in [1.82, 2.24) is 9.97 Å². The predicted octanol–water partition coefficient (Wildman–Crippen LogP) is 2.80. The fraction of sp³-hybridized carbons (Fsp3) is 0.0588. The van der Waals surface area contributed by atoms with Crippen LogP contribution >= 0.6 is 11.6 Å². The number of fused-ring (bicyclic) bond motifs is 1. The molecule has 0 spiro atoms. The van der Waals surface area contributed by atoms with Crippen LogP contribution in [0.5, 0.6) is 0 Å². The normalized spacial score (nSPS) is 12.0. The average molecular weight is 376 g/mol. The number of hydrogen-bond donors (Lipinski definition) is 2. The predicted molar refractivity (Wildman–Crippen MR) is 97.2 cm³/mol.